The Kier molecular flexibility index (Phi) is 187. The van der Waals surface area contributed by atoms with Crippen molar-refractivity contribution in [2.75, 3.05) is 33.5 Å². The molecule has 0 atom stereocenters. The summed E-state index contributed by atoms with van der Waals surface area (Å²) in [4.78, 5) is 0. The van der Waals surface area contributed by atoms with Crippen molar-refractivity contribution in [2.45, 2.75) is 13.8 Å². The molecule has 156 valence electrons. The maximum Gasteiger partial charge on any atom is 0.397 e. The average Bonchev–Trinajstić information content (AvgIpc) is 2.70. The minimum absolute atomic E-state index is 0.125. The van der Waals surface area contributed by atoms with Crippen LogP contribution in [-0.2, 0) is 19.3 Å². The largest absolute Gasteiger partial charge is 0.397 e. The summed E-state index contributed by atoms with van der Waals surface area (Å²) in [6, 6.07) is 0. The van der Waals surface area contributed by atoms with Crippen molar-refractivity contribution in [1.82, 2.24) is 0 Å². The van der Waals surface area contributed by atoms with Gasteiger partial charge in [0.05, 0.1) is 20.3 Å². The van der Waals surface area contributed by atoms with Crippen molar-refractivity contribution < 1.29 is 32.1 Å². The van der Waals surface area contributed by atoms with Gasteiger partial charge in [-0.2, -0.15) is 8.42 Å². The van der Waals surface area contributed by atoms with Gasteiger partial charge in [0, 0.05) is 13.2 Å². The molecule has 0 aliphatic heterocycles. The van der Waals surface area contributed by atoms with Gasteiger partial charge in [0.15, 0.2) is 0 Å². The van der Waals surface area contributed by atoms with E-state index < -0.39 is 10.4 Å². The second-order valence-corrected chi connectivity index (χ2v) is 3.01. The molecule has 0 aromatic carbocycles. The number of hydrogen-bond donors (Lipinski definition) is 3. The van der Waals surface area contributed by atoms with Crippen LogP contribution < -0.4 is 0 Å². The minimum Gasteiger partial charge on any atom is -0.394 e. The lowest BCUT2D eigenvalue weighted by Crippen LogP contribution is -1.96. The van der Waals surface area contributed by atoms with E-state index in [1.807, 2.05) is 13.8 Å². The third-order valence-electron chi connectivity index (χ3n) is 0.719. The van der Waals surface area contributed by atoms with Crippen molar-refractivity contribution in [1.29, 1.82) is 0 Å². The normalized spacial score (nSPS) is 6.48. The van der Waals surface area contributed by atoms with E-state index in [0.29, 0.717) is 0 Å². The smallest absolute Gasteiger partial charge is 0.394 e. The molecule has 0 saturated carbocycles. The predicted molar refractivity (Wildman–Crippen MR) is 111 cm³/mol. The Hall–Kier alpha value is -1.55. The van der Waals surface area contributed by atoms with Gasteiger partial charge in [0.2, 0.25) is 0 Å². The van der Waals surface area contributed by atoms with Gasteiger partial charge < -0.3 is 14.9 Å². The Morgan fingerprint density at radius 2 is 0.880 bits per heavy atom. The zero-order valence-electron chi connectivity index (χ0n) is 16.3. The van der Waals surface area contributed by atoms with Gasteiger partial charge >= 0.3 is 10.4 Å². The van der Waals surface area contributed by atoms with Crippen LogP contribution in [-0.4, -0.2) is 56.7 Å². The number of aliphatic hydroxyl groups is 2. The summed E-state index contributed by atoms with van der Waals surface area (Å²) >= 11 is 0. The highest BCUT2D eigenvalue weighted by Crippen LogP contribution is 1.74. The molecule has 3 N–H and O–H groups in total. The molecule has 0 bridgehead atoms. The Balaban J connectivity index is -0.0000000233. The zero-order valence-corrected chi connectivity index (χ0v) is 17.1. The fraction of sp³-hybridized carbons (Fsp3) is 0.412. The first kappa shape index (κ1) is 49.5. The van der Waals surface area contributed by atoms with E-state index in [1.165, 1.54) is 0 Å². The molecule has 0 fully saturated rings. The molecular weight excluding hydrogens is 348 g/mol. The quantitative estimate of drug-likeness (QED) is 0.499. The summed E-state index contributed by atoms with van der Waals surface area (Å²) in [6.07, 6.45) is 0. The maximum atomic E-state index is 9.33. The maximum absolute atomic E-state index is 9.33. The highest BCUT2D eigenvalue weighted by atomic mass is 32.3. The molecule has 0 aliphatic carbocycles. The third-order valence-corrected chi connectivity index (χ3v) is 1.14. The Morgan fingerprint density at radius 1 is 0.720 bits per heavy atom. The summed E-state index contributed by atoms with van der Waals surface area (Å²) in [5, 5.41) is 15.2. The number of hydrogen-bond acceptors (Lipinski definition) is 6. The van der Waals surface area contributed by atoms with Gasteiger partial charge in [0.1, 0.15) is 0 Å². The number of rotatable bonds is 4. The molecule has 0 rings (SSSR count). The van der Waals surface area contributed by atoms with Gasteiger partial charge in [0.25, 0.3) is 0 Å². The van der Waals surface area contributed by atoms with Crippen LogP contribution in [0, 0.1) is 0 Å². The Morgan fingerprint density at radius 3 is 0.880 bits per heavy atom. The summed E-state index contributed by atoms with van der Waals surface area (Å²) in [5.41, 5.74) is 0. The van der Waals surface area contributed by atoms with Crippen molar-refractivity contribution in [3.63, 3.8) is 0 Å². The van der Waals surface area contributed by atoms with Crippen LogP contribution in [0.3, 0.4) is 0 Å². The molecule has 0 spiro atoms. The van der Waals surface area contributed by atoms with E-state index >= 15 is 0 Å². The van der Waals surface area contributed by atoms with Gasteiger partial charge in [-0.15, -0.1) is 65.8 Å². The molecule has 7 nitrogen and oxygen atoms in total. The highest BCUT2D eigenvalue weighted by Gasteiger charge is 1.94. The highest BCUT2D eigenvalue weighted by molar-refractivity contribution is 7.80. The van der Waals surface area contributed by atoms with Crippen LogP contribution in [0.2, 0.25) is 0 Å². The summed E-state index contributed by atoms with van der Waals surface area (Å²) in [5.74, 6) is 0. The molecular formula is C17H40O7S. The van der Waals surface area contributed by atoms with Crippen LogP contribution in [0.25, 0.3) is 0 Å². The molecule has 25 heavy (non-hydrogen) atoms. The van der Waals surface area contributed by atoms with Gasteiger partial charge in [-0.1, -0.05) is 0 Å². The van der Waals surface area contributed by atoms with Gasteiger partial charge in [-0.05, 0) is 13.8 Å². The lowest BCUT2D eigenvalue weighted by molar-refractivity contribution is 0.162. The Bertz CT molecular complexity index is 230. The Labute approximate surface area is 156 Å². The molecule has 0 aromatic rings. The predicted octanol–water partition coefficient (Wildman–Crippen LogP) is 3.46. The fourth-order valence-electron chi connectivity index (χ4n) is 0.204. The first-order valence-electron chi connectivity index (χ1n) is 6.71. The molecule has 0 saturated heterocycles. The fourth-order valence-corrected chi connectivity index (χ4v) is 0.204. The lowest BCUT2D eigenvalue weighted by Gasteiger charge is -1.86. The number of aliphatic hydroxyl groups excluding tert-OH is 2. The van der Waals surface area contributed by atoms with E-state index in [2.05, 4.69) is 70.0 Å². The molecule has 0 amide bonds. The van der Waals surface area contributed by atoms with Crippen LogP contribution >= 0.6 is 0 Å². The van der Waals surface area contributed by atoms with Crippen molar-refractivity contribution in [3.8, 4) is 0 Å². The number of ether oxygens (including phenoxy) is 1. The van der Waals surface area contributed by atoms with Gasteiger partial charge in [-0.3, -0.25) is 8.74 Å². The molecule has 0 unspecified atom stereocenters. The van der Waals surface area contributed by atoms with Crippen LogP contribution in [0.15, 0.2) is 65.8 Å². The lowest BCUT2D eigenvalue weighted by atomic mass is 10.8. The van der Waals surface area contributed by atoms with Crippen LogP contribution in [0.4, 0.5) is 0 Å². The molecule has 0 heterocycles. The zero-order chi connectivity index (χ0) is 22.7. The summed E-state index contributed by atoms with van der Waals surface area (Å²) < 4.78 is 34.5. The first-order valence-corrected chi connectivity index (χ1v) is 8.08. The monoisotopic (exact) mass is 388 g/mol. The molecule has 8 heteroatoms. The van der Waals surface area contributed by atoms with Crippen molar-refractivity contribution in [2.24, 2.45) is 0 Å². The second kappa shape index (κ2) is 94.6. The SMILES string of the molecule is C=C.C=C.C=C.C=C.C=C.CCOCC.COS(=O)(=O)O.OCCO. The second-order valence-electron chi connectivity index (χ2n) is 1.82. The summed E-state index contributed by atoms with van der Waals surface area (Å²) in [7, 11) is -3.29. The van der Waals surface area contributed by atoms with Crippen LogP contribution in [0.1, 0.15) is 13.8 Å². The first-order chi connectivity index (χ1) is 11.9. The average molecular weight is 389 g/mol. The molecule has 0 radical (unpaired) electrons. The molecule has 0 aromatic heterocycles. The van der Waals surface area contributed by atoms with Gasteiger partial charge in [-0.25, -0.2) is 0 Å². The van der Waals surface area contributed by atoms with E-state index in [0.717, 1.165) is 20.3 Å². The van der Waals surface area contributed by atoms with Crippen molar-refractivity contribution >= 4 is 10.4 Å². The van der Waals surface area contributed by atoms with E-state index in [-0.39, 0.29) is 13.2 Å². The summed E-state index contributed by atoms with van der Waals surface area (Å²) in [6.45, 7) is 35.4. The van der Waals surface area contributed by atoms with E-state index in [1.54, 1.807) is 0 Å². The van der Waals surface area contributed by atoms with Crippen molar-refractivity contribution in [3.05, 3.63) is 65.8 Å². The topological polar surface area (TPSA) is 113 Å². The van der Waals surface area contributed by atoms with E-state index in [4.69, 9.17) is 19.5 Å². The minimum atomic E-state index is -4.16. The standard InChI is InChI=1S/C4H10O.C2H6O2.5C2H4.CH4O4S/c1-3-5-4-2;3-1-2-4;5*1-2;1-5-6(2,3)4/h3-4H2,1-2H3;3-4H,1-2H2;5*1-2H2;1H3,(H,2,3,4). The third kappa shape index (κ3) is 474. The molecule has 0 aliphatic rings. The van der Waals surface area contributed by atoms with E-state index in [9.17, 15) is 8.42 Å². The van der Waals surface area contributed by atoms with Crippen LogP contribution in [0.5, 0.6) is 0 Å².